The minimum absolute atomic E-state index is 0.0950. The summed E-state index contributed by atoms with van der Waals surface area (Å²) in [4.78, 5) is 16.2. The Morgan fingerprint density at radius 1 is 1.00 bits per heavy atom. The second kappa shape index (κ2) is 7.49. The van der Waals surface area contributed by atoms with Gasteiger partial charge in [-0.25, -0.2) is 9.97 Å². The van der Waals surface area contributed by atoms with Crippen LogP contribution in [-0.2, 0) is 0 Å². The van der Waals surface area contributed by atoms with Gasteiger partial charge >= 0.3 is 0 Å². The fourth-order valence-electron chi connectivity index (χ4n) is 2.20. The highest BCUT2D eigenvalue weighted by Crippen LogP contribution is 2.32. The third kappa shape index (κ3) is 4.05. The number of nitrogens with zero attached hydrogens (tertiary/aromatic N) is 4. The van der Waals surface area contributed by atoms with Crippen LogP contribution < -0.4 is 16.2 Å². The van der Waals surface area contributed by atoms with E-state index in [0.717, 1.165) is 11.1 Å². The number of aromatic nitrogens is 4. The maximum Gasteiger partial charge on any atom is 0.222 e. The molecule has 3 heterocycles. The van der Waals surface area contributed by atoms with Crippen LogP contribution in [0.4, 0.5) is 11.8 Å². The summed E-state index contributed by atoms with van der Waals surface area (Å²) in [7, 11) is 0. The van der Waals surface area contributed by atoms with E-state index in [1.165, 1.54) is 6.20 Å². The van der Waals surface area contributed by atoms with Gasteiger partial charge in [0.2, 0.25) is 5.95 Å². The number of ether oxygens (including phenoxy) is 1. The summed E-state index contributed by atoms with van der Waals surface area (Å²) in [5, 5.41) is 0. The van der Waals surface area contributed by atoms with Crippen molar-refractivity contribution < 1.29 is 4.74 Å². The third-order valence-corrected chi connectivity index (χ3v) is 3.55. The summed E-state index contributed by atoms with van der Waals surface area (Å²) in [5.41, 5.74) is 13.8. The molecule has 0 spiro atoms. The van der Waals surface area contributed by atoms with E-state index in [9.17, 15) is 0 Å². The summed E-state index contributed by atoms with van der Waals surface area (Å²) in [6.45, 7) is 4.10. The van der Waals surface area contributed by atoms with Gasteiger partial charge in [0, 0.05) is 35.8 Å². The summed E-state index contributed by atoms with van der Waals surface area (Å²) in [5.74, 6) is 7.48. The fraction of sp³-hybridized carbons (Fsp3) is 0.158. The lowest BCUT2D eigenvalue weighted by Crippen LogP contribution is -2.03. The van der Waals surface area contributed by atoms with E-state index in [1.807, 2.05) is 12.1 Å². The number of nitrogen functional groups attached to an aromatic ring is 2. The molecule has 3 aromatic heterocycles. The molecule has 0 unspecified atom stereocenters. The van der Waals surface area contributed by atoms with E-state index in [0.29, 0.717) is 17.2 Å². The van der Waals surface area contributed by atoms with Crippen LogP contribution in [0.25, 0.3) is 0 Å². The molecule has 0 bridgehead atoms. The fourth-order valence-corrected chi connectivity index (χ4v) is 2.20. The molecule has 0 aromatic carbocycles. The number of pyridine rings is 2. The lowest BCUT2D eigenvalue weighted by molar-refractivity contribution is 0.470. The van der Waals surface area contributed by atoms with Crippen molar-refractivity contribution in [1.82, 2.24) is 19.9 Å². The molecular weight excluding hydrogens is 328 g/mol. The van der Waals surface area contributed by atoms with Gasteiger partial charge in [-0.05, 0) is 24.0 Å². The SMILES string of the molecule is CC(C)c1cnc(C#Cc2ccncc2)cc1Oc1cnc(N)nc1N. The number of anilines is 2. The van der Waals surface area contributed by atoms with Crippen LogP contribution in [0.2, 0.25) is 0 Å². The largest absolute Gasteiger partial charge is 0.451 e. The lowest BCUT2D eigenvalue weighted by atomic mass is 10.0. The molecule has 3 aromatic rings. The minimum Gasteiger partial charge on any atom is -0.451 e. The molecule has 26 heavy (non-hydrogen) atoms. The van der Waals surface area contributed by atoms with Crippen molar-refractivity contribution in [3.8, 4) is 23.3 Å². The monoisotopic (exact) mass is 346 g/mol. The Labute approximate surface area is 151 Å². The predicted octanol–water partition coefficient (Wildman–Crippen LogP) is 2.75. The van der Waals surface area contributed by atoms with Crippen LogP contribution >= 0.6 is 0 Å². The average molecular weight is 346 g/mol. The lowest BCUT2D eigenvalue weighted by Gasteiger charge is -2.14. The molecule has 3 rings (SSSR count). The summed E-state index contributed by atoms with van der Waals surface area (Å²) < 4.78 is 5.93. The van der Waals surface area contributed by atoms with E-state index >= 15 is 0 Å². The topological polar surface area (TPSA) is 113 Å². The Bertz CT molecular complexity index is 976. The van der Waals surface area contributed by atoms with Gasteiger partial charge in [0.1, 0.15) is 11.4 Å². The molecule has 0 aliphatic rings. The molecule has 130 valence electrons. The number of hydrogen-bond donors (Lipinski definition) is 2. The zero-order chi connectivity index (χ0) is 18.5. The van der Waals surface area contributed by atoms with Gasteiger partial charge in [-0.3, -0.25) is 4.98 Å². The van der Waals surface area contributed by atoms with Crippen molar-refractivity contribution in [2.24, 2.45) is 0 Å². The molecule has 0 radical (unpaired) electrons. The second-order valence-electron chi connectivity index (χ2n) is 5.83. The van der Waals surface area contributed by atoms with Crippen LogP contribution in [-0.4, -0.2) is 19.9 Å². The molecular formula is C19H18N6O. The Morgan fingerprint density at radius 2 is 1.77 bits per heavy atom. The first-order chi connectivity index (χ1) is 12.5. The molecule has 0 aliphatic heterocycles. The van der Waals surface area contributed by atoms with Crippen molar-refractivity contribution in [2.75, 3.05) is 11.5 Å². The molecule has 0 saturated carbocycles. The Morgan fingerprint density at radius 3 is 2.46 bits per heavy atom. The van der Waals surface area contributed by atoms with E-state index < -0.39 is 0 Å². The molecule has 0 fully saturated rings. The Balaban J connectivity index is 1.96. The normalized spacial score (nSPS) is 10.3. The summed E-state index contributed by atoms with van der Waals surface area (Å²) in [6, 6.07) is 5.44. The molecule has 0 atom stereocenters. The van der Waals surface area contributed by atoms with E-state index in [4.69, 9.17) is 16.2 Å². The van der Waals surface area contributed by atoms with E-state index in [2.05, 4.69) is 45.6 Å². The van der Waals surface area contributed by atoms with Gasteiger partial charge < -0.3 is 16.2 Å². The second-order valence-corrected chi connectivity index (χ2v) is 5.83. The number of rotatable bonds is 3. The average Bonchev–Trinajstić information content (AvgIpc) is 2.63. The molecule has 0 aliphatic carbocycles. The summed E-state index contributed by atoms with van der Waals surface area (Å²) >= 11 is 0. The quantitative estimate of drug-likeness (QED) is 0.701. The smallest absolute Gasteiger partial charge is 0.222 e. The predicted molar refractivity (Wildman–Crippen MR) is 99.5 cm³/mol. The van der Waals surface area contributed by atoms with Crippen LogP contribution in [0.5, 0.6) is 11.5 Å². The van der Waals surface area contributed by atoms with Crippen molar-refractivity contribution in [3.05, 3.63) is 59.8 Å². The van der Waals surface area contributed by atoms with Crippen molar-refractivity contribution in [3.63, 3.8) is 0 Å². The van der Waals surface area contributed by atoms with Crippen LogP contribution in [0.1, 0.15) is 36.6 Å². The molecule has 0 amide bonds. The zero-order valence-corrected chi connectivity index (χ0v) is 14.5. The van der Waals surface area contributed by atoms with Gasteiger partial charge in [0.15, 0.2) is 11.6 Å². The first-order valence-corrected chi connectivity index (χ1v) is 8.00. The first kappa shape index (κ1) is 17.2. The first-order valence-electron chi connectivity index (χ1n) is 8.00. The van der Waals surface area contributed by atoms with E-state index in [1.54, 1.807) is 24.7 Å². The maximum atomic E-state index is 5.93. The van der Waals surface area contributed by atoms with Crippen molar-refractivity contribution in [1.29, 1.82) is 0 Å². The van der Waals surface area contributed by atoms with Crippen LogP contribution in [0.15, 0.2) is 43.0 Å². The molecule has 0 saturated heterocycles. The minimum atomic E-state index is 0.0950. The van der Waals surface area contributed by atoms with Crippen LogP contribution in [0.3, 0.4) is 0 Å². The Hall–Kier alpha value is -3.66. The molecule has 7 heteroatoms. The summed E-state index contributed by atoms with van der Waals surface area (Å²) in [6.07, 6.45) is 6.59. The maximum absolute atomic E-state index is 5.93. The number of nitrogens with two attached hydrogens (primary N) is 2. The van der Waals surface area contributed by atoms with Crippen molar-refractivity contribution in [2.45, 2.75) is 19.8 Å². The van der Waals surface area contributed by atoms with Gasteiger partial charge in [-0.1, -0.05) is 19.8 Å². The van der Waals surface area contributed by atoms with Crippen molar-refractivity contribution >= 4 is 11.8 Å². The highest BCUT2D eigenvalue weighted by atomic mass is 16.5. The van der Waals surface area contributed by atoms with Gasteiger partial charge in [-0.15, -0.1) is 0 Å². The highest BCUT2D eigenvalue weighted by Gasteiger charge is 2.13. The Kier molecular flexibility index (Phi) is 4.94. The number of hydrogen-bond acceptors (Lipinski definition) is 7. The van der Waals surface area contributed by atoms with Gasteiger partial charge in [0.25, 0.3) is 0 Å². The standard InChI is InChI=1S/C19H18N6O/c1-12(2)15-10-23-14(4-3-13-5-7-22-8-6-13)9-16(15)26-17-11-24-19(21)25-18(17)20/h5-12H,1-2H3,(H4,20,21,24,25). The zero-order valence-electron chi connectivity index (χ0n) is 14.5. The van der Waals surface area contributed by atoms with Crippen LogP contribution in [0, 0.1) is 11.8 Å². The van der Waals surface area contributed by atoms with E-state index in [-0.39, 0.29) is 17.7 Å². The molecule has 7 nitrogen and oxygen atoms in total. The van der Waals surface area contributed by atoms with Gasteiger partial charge in [-0.2, -0.15) is 4.98 Å². The third-order valence-electron chi connectivity index (χ3n) is 3.55. The molecule has 4 N–H and O–H groups in total. The highest BCUT2D eigenvalue weighted by molar-refractivity contribution is 5.51. The van der Waals surface area contributed by atoms with Gasteiger partial charge in [0.05, 0.1) is 6.20 Å².